The second kappa shape index (κ2) is 14.0. The van der Waals surface area contributed by atoms with Gasteiger partial charge in [-0.3, -0.25) is 0 Å². The van der Waals surface area contributed by atoms with Crippen molar-refractivity contribution in [2.75, 3.05) is 4.90 Å². The van der Waals surface area contributed by atoms with Gasteiger partial charge in [-0.2, -0.15) is 0 Å². The maximum absolute atomic E-state index is 2.75. The van der Waals surface area contributed by atoms with Crippen molar-refractivity contribution in [3.8, 4) is 22.5 Å². The summed E-state index contributed by atoms with van der Waals surface area (Å²) >= 11 is 0. The zero-order valence-electron chi connectivity index (χ0n) is 40.8. The van der Waals surface area contributed by atoms with Crippen molar-refractivity contribution in [2.24, 2.45) is 5.41 Å². The van der Waals surface area contributed by atoms with E-state index in [0.29, 0.717) is 0 Å². The van der Waals surface area contributed by atoms with Crippen molar-refractivity contribution in [3.05, 3.63) is 204 Å². The highest BCUT2D eigenvalue weighted by atomic mass is 15.2. The molecule has 0 saturated carbocycles. The van der Waals surface area contributed by atoms with Gasteiger partial charge < -0.3 is 14.0 Å². The SMILES string of the molecule is CC(C)(C)C1=CCC(N(c2ccc(C(C)(C)C)cc2)c2cc3c4c(c2)-n2c5ccc6ccccc6c5c5c6ccccc6cc(c52)B4C2Cc4ccccc4-c4c2n-3c2ccc3ccccc3c42)C=C1. The maximum Gasteiger partial charge on any atom is 0.226 e. The van der Waals surface area contributed by atoms with Crippen LogP contribution in [-0.2, 0) is 11.8 Å². The minimum atomic E-state index is 0.0416. The van der Waals surface area contributed by atoms with E-state index in [2.05, 4.69) is 238 Å². The van der Waals surface area contributed by atoms with Crippen LogP contribution in [0.15, 0.2) is 188 Å². The number of rotatable bonds is 3. The molecule has 15 rings (SSSR count). The molecule has 9 aromatic carbocycles. The lowest BCUT2D eigenvalue weighted by Crippen LogP contribution is -2.57. The summed E-state index contributed by atoms with van der Waals surface area (Å²) in [7, 11) is 0. The molecule has 336 valence electrons. The predicted molar refractivity (Wildman–Crippen MR) is 299 cm³/mol. The maximum atomic E-state index is 2.75. The first-order chi connectivity index (χ1) is 34.0. The Morgan fingerprint density at radius 1 is 0.557 bits per heavy atom. The second-order valence-corrected chi connectivity index (χ2v) is 22.8. The van der Waals surface area contributed by atoms with Gasteiger partial charge >= 0.3 is 0 Å². The van der Waals surface area contributed by atoms with E-state index in [4.69, 9.17) is 0 Å². The monoisotopic (exact) mass is 899 g/mol. The van der Waals surface area contributed by atoms with E-state index in [0.717, 1.165) is 12.8 Å². The van der Waals surface area contributed by atoms with Crippen LogP contribution in [0.2, 0.25) is 0 Å². The highest BCUT2D eigenvalue weighted by Crippen LogP contribution is 2.54. The third kappa shape index (κ3) is 5.42. The molecule has 0 N–H and O–H groups in total. The van der Waals surface area contributed by atoms with Crippen LogP contribution in [0.4, 0.5) is 11.4 Å². The van der Waals surface area contributed by atoms with Crippen LogP contribution in [0, 0.1) is 5.41 Å². The number of benzene rings is 9. The molecule has 2 aliphatic carbocycles. The summed E-state index contributed by atoms with van der Waals surface area (Å²) in [4.78, 5) is 2.66. The molecule has 3 nitrogen and oxygen atoms in total. The lowest BCUT2D eigenvalue weighted by atomic mass is 9.29. The molecule has 0 radical (unpaired) electrons. The van der Waals surface area contributed by atoms with E-state index in [9.17, 15) is 0 Å². The summed E-state index contributed by atoms with van der Waals surface area (Å²) in [6.07, 6.45) is 9.28. The Bertz CT molecular complexity index is 4160. The van der Waals surface area contributed by atoms with E-state index in [1.54, 1.807) is 0 Å². The smallest absolute Gasteiger partial charge is 0.226 e. The number of fused-ring (bicyclic) bond motifs is 18. The van der Waals surface area contributed by atoms with E-state index < -0.39 is 0 Å². The normalized spacial score (nSPS) is 16.9. The minimum absolute atomic E-state index is 0.0416. The van der Waals surface area contributed by atoms with Crippen LogP contribution < -0.4 is 15.8 Å². The molecule has 4 aliphatic rings. The van der Waals surface area contributed by atoms with Gasteiger partial charge in [0.1, 0.15) is 0 Å². The first-order valence-corrected chi connectivity index (χ1v) is 25.5. The van der Waals surface area contributed by atoms with Gasteiger partial charge in [0.2, 0.25) is 6.71 Å². The van der Waals surface area contributed by atoms with Crippen molar-refractivity contribution < 1.29 is 0 Å². The van der Waals surface area contributed by atoms with Gasteiger partial charge in [-0.1, -0.05) is 187 Å². The largest absolute Gasteiger partial charge is 0.334 e. The minimum Gasteiger partial charge on any atom is -0.334 e. The van der Waals surface area contributed by atoms with Crippen molar-refractivity contribution >= 4 is 94.0 Å². The molecule has 2 unspecified atom stereocenters. The first-order valence-electron chi connectivity index (χ1n) is 25.5. The number of allylic oxidation sites excluding steroid dienone is 2. The lowest BCUT2D eigenvalue weighted by Gasteiger charge is -2.42. The fourth-order valence-corrected chi connectivity index (χ4v) is 13.7. The van der Waals surface area contributed by atoms with Crippen LogP contribution in [0.1, 0.15) is 70.6 Å². The van der Waals surface area contributed by atoms with Gasteiger partial charge in [-0.15, -0.1) is 0 Å². The van der Waals surface area contributed by atoms with E-state index >= 15 is 0 Å². The fraction of sp³-hybridized carbons (Fsp3) is 0.182. The second-order valence-electron chi connectivity index (χ2n) is 22.8. The summed E-state index contributed by atoms with van der Waals surface area (Å²) in [6.45, 7) is 14.1. The molecule has 4 heterocycles. The summed E-state index contributed by atoms with van der Waals surface area (Å²) < 4.78 is 5.45. The third-order valence-corrected chi connectivity index (χ3v) is 16.9. The zero-order chi connectivity index (χ0) is 46.9. The third-order valence-electron chi connectivity index (χ3n) is 16.9. The number of hydrogen-bond donors (Lipinski definition) is 0. The van der Waals surface area contributed by atoms with Crippen molar-refractivity contribution in [2.45, 2.75) is 71.7 Å². The van der Waals surface area contributed by atoms with Crippen molar-refractivity contribution in [1.82, 2.24) is 9.13 Å². The highest BCUT2D eigenvalue weighted by molar-refractivity contribution is 6.91. The topological polar surface area (TPSA) is 13.1 Å². The van der Waals surface area contributed by atoms with Crippen LogP contribution in [0.5, 0.6) is 0 Å². The molecular formula is C66H54BN3. The summed E-state index contributed by atoms with van der Waals surface area (Å²) in [5.41, 5.74) is 20.4. The molecule has 11 aromatic rings. The Kier molecular flexibility index (Phi) is 8.09. The van der Waals surface area contributed by atoms with E-state index in [1.807, 2.05) is 0 Å². The molecule has 2 aromatic heterocycles. The van der Waals surface area contributed by atoms with E-state index in [1.165, 1.54) is 132 Å². The molecule has 0 bridgehead atoms. The quantitative estimate of drug-likeness (QED) is 0.161. The van der Waals surface area contributed by atoms with Crippen LogP contribution in [0.25, 0.3) is 87.5 Å². The fourth-order valence-electron chi connectivity index (χ4n) is 13.7. The average molecular weight is 900 g/mol. The van der Waals surface area contributed by atoms with Crippen LogP contribution in [-0.4, -0.2) is 21.9 Å². The number of aromatic nitrogens is 2. The van der Waals surface area contributed by atoms with Crippen LogP contribution in [0.3, 0.4) is 0 Å². The Morgan fingerprint density at radius 2 is 1.17 bits per heavy atom. The van der Waals surface area contributed by atoms with Gasteiger partial charge in [0.05, 0.1) is 17.1 Å². The molecule has 2 aliphatic heterocycles. The summed E-state index contributed by atoms with van der Waals surface area (Å²) in [5, 5.41) is 11.9. The Labute approximate surface area is 410 Å². The van der Waals surface area contributed by atoms with Crippen molar-refractivity contribution in [3.63, 3.8) is 0 Å². The number of anilines is 2. The van der Waals surface area contributed by atoms with Gasteiger partial charge in [-0.25, -0.2) is 0 Å². The van der Waals surface area contributed by atoms with Crippen molar-refractivity contribution in [1.29, 1.82) is 0 Å². The molecule has 0 spiro atoms. The molecule has 0 fully saturated rings. The zero-order valence-corrected chi connectivity index (χ0v) is 40.8. The lowest BCUT2D eigenvalue weighted by molar-refractivity contribution is 0.510. The first kappa shape index (κ1) is 40.3. The Balaban J connectivity index is 1.12. The summed E-state index contributed by atoms with van der Waals surface area (Å²) in [6, 6.07) is 63.6. The molecule has 0 saturated heterocycles. The van der Waals surface area contributed by atoms with E-state index in [-0.39, 0.29) is 29.4 Å². The van der Waals surface area contributed by atoms with Gasteiger partial charge in [0.15, 0.2) is 0 Å². The molecule has 2 atom stereocenters. The molecular weight excluding hydrogens is 846 g/mol. The molecule has 70 heavy (non-hydrogen) atoms. The number of nitrogens with zero attached hydrogens (tertiary/aromatic N) is 3. The Hall–Kier alpha value is -7.56. The number of hydrogen-bond acceptors (Lipinski definition) is 1. The van der Waals surface area contributed by atoms with Gasteiger partial charge in [0.25, 0.3) is 0 Å². The molecule has 4 heteroatoms. The molecule has 0 amide bonds. The van der Waals surface area contributed by atoms with Gasteiger partial charge in [-0.05, 0) is 131 Å². The van der Waals surface area contributed by atoms with Crippen LogP contribution >= 0.6 is 0 Å². The van der Waals surface area contributed by atoms with Gasteiger partial charge in [0, 0.05) is 55.7 Å². The summed E-state index contributed by atoms with van der Waals surface area (Å²) in [5.74, 6) is 0.212. The highest BCUT2D eigenvalue weighted by Gasteiger charge is 2.49. The standard InChI is InChI=1S/C66H54BN3/c1-65(2,3)43-25-29-45(30-26-43)68(46-31-27-44(28-32-46)66(4,5)6)47-37-56-62-57(38-47)70-55-34-24-40-16-8-12-20-49(40)59(55)61-51-22-14-10-18-42(51)36-53(64(61)70)67(62)52-35-41-17-9-13-21-50(41)60-58-48-19-11-7-15-39(48)23-33-54(58)69(56)63(52)60/h7-31,33-35,37-38,46,53H,32,36H2,1-6H3. The average Bonchev–Trinajstić information content (AvgIpc) is 3.92. The Morgan fingerprint density at radius 3 is 1.84 bits per heavy atom. The predicted octanol–water partition coefficient (Wildman–Crippen LogP) is 15.7.